The number of hydrogen-bond donors (Lipinski definition) is 1. The lowest BCUT2D eigenvalue weighted by molar-refractivity contribution is 0.119. The first kappa shape index (κ1) is 15.8. The fourth-order valence-corrected chi connectivity index (χ4v) is 3.50. The van der Waals surface area contributed by atoms with E-state index in [2.05, 4.69) is 57.7 Å². The molecule has 0 bridgehead atoms. The molecule has 1 aromatic rings. The highest BCUT2D eigenvalue weighted by Crippen LogP contribution is 2.39. The first-order chi connectivity index (χ1) is 9.47. The van der Waals surface area contributed by atoms with E-state index in [1.165, 1.54) is 37.7 Å². The maximum Gasteiger partial charge on any atom is 0.123 e. The van der Waals surface area contributed by atoms with E-state index in [1.54, 1.807) is 0 Å². The SMILES string of the molecule is CC(C)(C)c1ccccc1OCC1(CS)CCCCC1. The summed E-state index contributed by atoms with van der Waals surface area (Å²) in [6.45, 7) is 7.53. The Balaban J connectivity index is 2.10. The van der Waals surface area contributed by atoms with Gasteiger partial charge in [0.05, 0.1) is 6.61 Å². The lowest BCUT2D eigenvalue weighted by Crippen LogP contribution is -2.33. The second-order valence-electron chi connectivity index (χ2n) is 7.25. The summed E-state index contributed by atoms with van der Waals surface area (Å²) in [5.74, 6) is 1.98. The van der Waals surface area contributed by atoms with Crippen LogP contribution in [0.1, 0.15) is 58.4 Å². The van der Waals surface area contributed by atoms with E-state index in [1.807, 2.05) is 0 Å². The van der Waals surface area contributed by atoms with Gasteiger partial charge in [0.1, 0.15) is 5.75 Å². The zero-order valence-electron chi connectivity index (χ0n) is 13.1. The van der Waals surface area contributed by atoms with E-state index in [0.29, 0.717) is 0 Å². The van der Waals surface area contributed by atoms with Gasteiger partial charge in [-0.05, 0) is 35.6 Å². The molecule has 2 heteroatoms. The first-order valence-electron chi connectivity index (χ1n) is 7.80. The Morgan fingerprint density at radius 1 is 1.10 bits per heavy atom. The number of thiol groups is 1. The van der Waals surface area contributed by atoms with Gasteiger partial charge in [-0.3, -0.25) is 0 Å². The van der Waals surface area contributed by atoms with Crippen LogP contribution in [0.25, 0.3) is 0 Å². The second kappa shape index (κ2) is 6.43. The van der Waals surface area contributed by atoms with Gasteiger partial charge < -0.3 is 4.74 Å². The summed E-state index contributed by atoms with van der Waals surface area (Å²) in [5, 5.41) is 0. The van der Waals surface area contributed by atoms with Crippen LogP contribution < -0.4 is 4.74 Å². The third kappa shape index (κ3) is 3.72. The number of rotatable bonds is 4. The van der Waals surface area contributed by atoms with E-state index >= 15 is 0 Å². The van der Waals surface area contributed by atoms with Crippen molar-refractivity contribution < 1.29 is 4.74 Å². The molecule has 0 aromatic heterocycles. The molecule has 0 amide bonds. The van der Waals surface area contributed by atoms with Crippen LogP contribution in [-0.4, -0.2) is 12.4 Å². The zero-order valence-corrected chi connectivity index (χ0v) is 14.0. The highest BCUT2D eigenvalue weighted by atomic mass is 32.1. The fourth-order valence-electron chi connectivity index (χ4n) is 3.09. The van der Waals surface area contributed by atoms with E-state index in [9.17, 15) is 0 Å². The number of hydrogen-bond acceptors (Lipinski definition) is 2. The minimum absolute atomic E-state index is 0.122. The molecule has 0 radical (unpaired) electrons. The van der Waals surface area contributed by atoms with Crippen molar-refractivity contribution in [3.63, 3.8) is 0 Å². The number of para-hydroxylation sites is 1. The standard InChI is InChI=1S/C18H28OS/c1-17(2,3)15-9-5-6-10-16(15)19-13-18(14-20)11-7-4-8-12-18/h5-6,9-10,20H,4,7-8,11-14H2,1-3H3. The first-order valence-corrected chi connectivity index (χ1v) is 8.43. The van der Waals surface area contributed by atoms with Crippen LogP contribution in [0.15, 0.2) is 24.3 Å². The predicted molar refractivity (Wildman–Crippen MR) is 90.0 cm³/mol. The summed E-state index contributed by atoms with van der Waals surface area (Å²) in [5.41, 5.74) is 1.70. The van der Waals surface area contributed by atoms with Crippen molar-refractivity contribution in [3.8, 4) is 5.75 Å². The van der Waals surface area contributed by atoms with Crippen molar-refractivity contribution in [2.75, 3.05) is 12.4 Å². The van der Waals surface area contributed by atoms with Crippen molar-refractivity contribution in [3.05, 3.63) is 29.8 Å². The van der Waals surface area contributed by atoms with Crippen LogP contribution in [0.5, 0.6) is 5.75 Å². The van der Waals surface area contributed by atoms with E-state index in [0.717, 1.165) is 18.1 Å². The zero-order chi connectivity index (χ0) is 14.6. The third-order valence-electron chi connectivity index (χ3n) is 4.48. The van der Waals surface area contributed by atoms with Gasteiger partial charge in [-0.25, -0.2) is 0 Å². The Morgan fingerprint density at radius 2 is 1.75 bits per heavy atom. The van der Waals surface area contributed by atoms with E-state index in [4.69, 9.17) is 4.74 Å². The summed E-state index contributed by atoms with van der Waals surface area (Å²) in [6, 6.07) is 8.46. The lowest BCUT2D eigenvalue weighted by atomic mass is 9.76. The maximum atomic E-state index is 6.25. The van der Waals surface area contributed by atoms with E-state index in [-0.39, 0.29) is 10.8 Å². The van der Waals surface area contributed by atoms with Crippen LogP contribution in [-0.2, 0) is 5.41 Å². The van der Waals surface area contributed by atoms with Crippen molar-refractivity contribution in [2.24, 2.45) is 5.41 Å². The Kier molecular flexibility index (Phi) is 5.06. The smallest absolute Gasteiger partial charge is 0.123 e. The van der Waals surface area contributed by atoms with Gasteiger partial charge in [-0.2, -0.15) is 12.6 Å². The fraction of sp³-hybridized carbons (Fsp3) is 0.667. The normalized spacial score (nSPS) is 18.8. The predicted octanol–water partition coefficient (Wildman–Crippen LogP) is 5.24. The van der Waals surface area contributed by atoms with Crippen molar-refractivity contribution in [1.29, 1.82) is 0 Å². The summed E-state index contributed by atoms with van der Waals surface area (Å²) >= 11 is 4.60. The molecule has 1 aromatic carbocycles. The average Bonchev–Trinajstić information content (AvgIpc) is 2.45. The summed E-state index contributed by atoms with van der Waals surface area (Å²) in [7, 11) is 0. The molecule has 112 valence electrons. The molecule has 20 heavy (non-hydrogen) atoms. The van der Waals surface area contributed by atoms with Gasteiger partial charge in [0, 0.05) is 5.41 Å². The monoisotopic (exact) mass is 292 g/mol. The Bertz CT molecular complexity index is 427. The quantitative estimate of drug-likeness (QED) is 0.746. The Labute approximate surface area is 129 Å². The minimum atomic E-state index is 0.122. The molecule has 0 heterocycles. The third-order valence-corrected chi connectivity index (χ3v) is 5.15. The van der Waals surface area contributed by atoms with Crippen LogP contribution in [0.4, 0.5) is 0 Å². The van der Waals surface area contributed by atoms with Crippen LogP contribution in [0.2, 0.25) is 0 Å². The molecule has 0 unspecified atom stereocenters. The van der Waals surface area contributed by atoms with Gasteiger partial charge in [-0.15, -0.1) is 0 Å². The molecule has 1 saturated carbocycles. The van der Waals surface area contributed by atoms with E-state index < -0.39 is 0 Å². The maximum absolute atomic E-state index is 6.25. The lowest BCUT2D eigenvalue weighted by Gasteiger charge is -2.36. The highest BCUT2D eigenvalue weighted by Gasteiger charge is 2.32. The number of benzene rings is 1. The summed E-state index contributed by atoms with van der Waals surface area (Å²) in [6.07, 6.45) is 6.53. The molecule has 0 atom stereocenters. The molecular formula is C18H28OS. The second-order valence-corrected chi connectivity index (χ2v) is 7.57. The highest BCUT2D eigenvalue weighted by molar-refractivity contribution is 7.80. The molecule has 1 aliphatic carbocycles. The van der Waals surface area contributed by atoms with Gasteiger partial charge in [0.2, 0.25) is 0 Å². The molecule has 1 nitrogen and oxygen atoms in total. The minimum Gasteiger partial charge on any atom is -0.493 e. The molecule has 0 N–H and O–H groups in total. The van der Waals surface area contributed by atoms with Crippen LogP contribution in [0.3, 0.4) is 0 Å². The van der Waals surface area contributed by atoms with Gasteiger partial charge in [0.15, 0.2) is 0 Å². The van der Waals surface area contributed by atoms with Crippen molar-refractivity contribution >= 4 is 12.6 Å². The van der Waals surface area contributed by atoms with Crippen LogP contribution >= 0.6 is 12.6 Å². The largest absolute Gasteiger partial charge is 0.493 e. The average molecular weight is 292 g/mol. The van der Waals surface area contributed by atoms with Gasteiger partial charge in [-0.1, -0.05) is 58.2 Å². The Morgan fingerprint density at radius 3 is 2.35 bits per heavy atom. The molecule has 1 fully saturated rings. The number of ether oxygens (including phenoxy) is 1. The molecule has 1 aliphatic rings. The van der Waals surface area contributed by atoms with Gasteiger partial charge in [0.25, 0.3) is 0 Å². The summed E-state index contributed by atoms with van der Waals surface area (Å²) < 4.78 is 6.25. The summed E-state index contributed by atoms with van der Waals surface area (Å²) in [4.78, 5) is 0. The Hall–Kier alpha value is -0.630. The van der Waals surface area contributed by atoms with Gasteiger partial charge >= 0.3 is 0 Å². The van der Waals surface area contributed by atoms with Crippen LogP contribution in [0, 0.1) is 5.41 Å². The molecule has 2 rings (SSSR count). The molecule has 0 spiro atoms. The molecule has 0 saturated heterocycles. The molecular weight excluding hydrogens is 264 g/mol. The molecule has 0 aliphatic heterocycles. The van der Waals surface area contributed by atoms with Crippen molar-refractivity contribution in [1.82, 2.24) is 0 Å². The van der Waals surface area contributed by atoms with Crippen molar-refractivity contribution in [2.45, 2.75) is 58.3 Å². The topological polar surface area (TPSA) is 9.23 Å².